The van der Waals surface area contributed by atoms with Gasteiger partial charge in [0.2, 0.25) is 5.91 Å². The average Bonchev–Trinajstić information content (AvgIpc) is 3.23. The van der Waals surface area contributed by atoms with Gasteiger partial charge in [0, 0.05) is 26.3 Å². The lowest BCUT2D eigenvalue weighted by molar-refractivity contribution is -0.120. The molecule has 0 aromatic carbocycles. The molecule has 1 unspecified atom stereocenters. The van der Waals surface area contributed by atoms with Crippen LogP contribution in [0.25, 0.3) is 10.7 Å². The van der Waals surface area contributed by atoms with Gasteiger partial charge < -0.3 is 14.6 Å². The van der Waals surface area contributed by atoms with E-state index in [9.17, 15) is 4.79 Å². The zero-order valence-corrected chi connectivity index (χ0v) is 16.0. The number of ether oxygens (including phenoxy) is 1. The molecule has 1 N–H and O–H groups in total. The summed E-state index contributed by atoms with van der Waals surface area (Å²) in [6.45, 7) is 8.69. The van der Waals surface area contributed by atoms with E-state index in [2.05, 4.69) is 27.0 Å². The number of thioether (sulfide) groups is 1. The number of carbonyl (C=O) groups is 1. The van der Waals surface area contributed by atoms with Gasteiger partial charge >= 0.3 is 0 Å². The second-order valence-corrected chi connectivity index (χ2v) is 7.38. The first kappa shape index (κ1) is 19.0. The lowest BCUT2D eigenvalue weighted by Gasteiger charge is -2.12. The van der Waals surface area contributed by atoms with E-state index in [1.165, 1.54) is 11.8 Å². The van der Waals surface area contributed by atoms with Crippen LogP contribution in [0.1, 0.15) is 27.2 Å². The Morgan fingerprint density at radius 1 is 1.46 bits per heavy atom. The average molecular weight is 369 g/mol. The Bertz CT molecular complexity index is 628. The highest BCUT2D eigenvalue weighted by Crippen LogP contribution is 2.28. The smallest absolute Gasteiger partial charge is 0.233 e. The molecule has 1 amide bonds. The first-order valence-corrected chi connectivity index (χ1v) is 9.92. The minimum absolute atomic E-state index is 0.0137. The summed E-state index contributed by atoms with van der Waals surface area (Å²) in [4.78, 5) is 13.3. The van der Waals surface area contributed by atoms with Crippen LogP contribution in [0.4, 0.5) is 0 Å². The van der Waals surface area contributed by atoms with Crippen molar-refractivity contribution in [2.45, 2.75) is 44.1 Å². The van der Waals surface area contributed by atoms with Crippen LogP contribution in [0.2, 0.25) is 0 Å². The van der Waals surface area contributed by atoms with Crippen molar-refractivity contribution < 1.29 is 9.53 Å². The number of amides is 1. The number of hydrogen-bond donors (Lipinski definition) is 1. The summed E-state index contributed by atoms with van der Waals surface area (Å²) in [5.41, 5.74) is 0. The zero-order valence-electron chi connectivity index (χ0n) is 14.3. The van der Waals surface area contributed by atoms with Gasteiger partial charge in [-0.15, -0.1) is 21.5 Å². The number of hydrogen-bond acceptors (Lipinski definition) is 6. The maximum atomic E-state index is 12.2. The first-order chi connectivity index (χ1) is 11.7. The van der Waals surface area contributed by atoms with Crippen LogP contribution >= 0.6 is 23.1 Å². The van der Waals surface area contributed by atoms with Crippen LogP contribution in [0.3, 0.4) is 0 Å². The third-order valence-corrected chi connectivity index (χ3v) is 5.34. The van der Waals surface area contributed by atoms with Crippen molar-refractivity contribution in [2.75, 3.05) is 19.8 Å². The molecule has 0 aliphatic heterocycles. The summed E-state index contributed by atoms with van der Waals surface area (Å²) in [7, 11) is 0. The Morgan fingerprint density at radius 3 is 2.96 bits per heavy atom. The van der Waals surface area contributed by atoms with Gasteiger partial charge in [-0.2, -0.15) is 0 Å². The molecule has 0 aliphatic rings. The van der Waals surface area contributed by atoms with Crippen LogP contribution in [0.5, 0.6) is 0 Å². The normalized spacial score (nSPS) is 12.3. The summed E-state index contributed by atoms with van der Waals surface area (Å²) in [6, 6.07) is 4.03. The monoisotopic (exact) mass is 368 g/mol. The Hall–Kier alpha value is -1.38. The van der Waals surface area contributed by atoms with Crippen molar-refractivity contribution in [3.8, 4) is 10.7 Å². The van der Waals surface area contributed by atoms with Gasteiger partial charge in [-0.25, -0.2) is 0 Å². The van der Waals surface area contributed by atoms with Gasteiger partial charge in [0.25, 0.3) is 0 Å². The van der Waals surface area contributed by atoms with Gasteiger partial charge in [0.15, 0.2) is 11.0 Å². The largest absolute Gasteiger partial charge is 0.382 e. The molecule has 0 aliphatic carbocycles. The maximum Gasteiger partial charge on any atom is 0.233 e. The standard InChI is InChI=1S/C16H24N4O2S2/c1-4-20-14(13-8-6-11-23-13)18-19-16(20)24-12(3)15(21)17-9-7-10-22-5-2/h6,8,11-12H,4-5,7,9-10H2,1-3H3,(H,17,21). The van der Waals surface area contributed by atoms with E-state index in [0.29, 0.717) is 19.8 Å². The summed E-state index contributed by atoms with van der Waals surface area (Å²) in [5.74, 6) is 0.874. The number of nitrogens with one attached hydrogen (secondary N) is 1. The summed E-state index contributed by atoms with van der Waals surface area (Å²) in [5, 5.41) is 14.1. The van der Waals surface area contributed by atoms with Crippen LogP contribution in [-0.2, 0) is 16.1 Å². The quantitative estimate of drug-likeness (QED) is 0.516. The molecule has 132 valence electrons. The highest BCUT2D eigenvalue weighted by atomic mass is 32.2. The van der Waals surface area contributed by atoms with Gasteiger partial charge in [-0.1, -0.05) is 17.8 Å². The predicted molar refractivity (Wildman–Crippen MR) is 98.4 cm³/mol. The third-order valence-electron chi connectivity index (χ3n) is 3.39. The molecule has 1 atom stereocenters. The molecule has 8 heteroatoms. The Balaban J connectivity index is 1.91. The van der Waals surface area contributed by atoms with Crippen molar-refractivity contribution in [1.29, 1.82) is 0 Å². The molecule has 2 rings (SSSR count). The fourth-order valence-electron chi connectivity index (χ4n) is 2.13. The van der Waals surface area contributed by atoms with Crippen molar-refractivity contribution >= 4 is 29.0 Å². The first-order valence-electron chi connectivity index (χ1n) is 8.16. The van der Waals surface area contributed by atoms with Crippen molar-refractivity contribution in [1.82, 2.24) is 20.1 Å². The molecule has 0 fully saturated rings. The summed E-state index contributed by atoms with van der Waals surface area (Å²) < 4.78 is 7.31. The SMILES string of the molecule is CCOCCCNC(=O)C(C)Sc1nnc(-c2cccs2)n1CC. The summed E-state index contributed by atoms with van der Waals surface area (Å²) >= 11 is 3.08. The van der Waals surface area contributed by atoms with E-state index in [1.807, 2.05) is 31.4 Å². The molecule has 0 saturated heterocycles. The van der Waals surface area contributed by atoms with Gasteiger partial charge in [-0.05, 0) is 38.6 Å². The Kier molecular flexibility index (Phi) is 7.74. The zero-order chi connectivity index (χ0) is 17.4. The molecular weight excluding hydrogens is 344 g/mol. The second kappa shape index (κ2) is 9.80. The molecule has 2 aromatic heterocycles. The number of rotatable bonds is 10. The fourth-order valence-corrected chi connectivity index (χ4v) is 3.79. The molecule has 24 heavy (non-hydrogen) atoms. The van der Waals surface area contributed by atoms with Crippen molar-refractivity contribution in [3.05, 3.63) is 17.5 Å². The van der Waals surface area contributed by atoms with E-state index >= 15 is 0 Å². The van der Waals surface area contributed by atoms with E-state index in [1.54, 1.807) is 11.3 Å². The summed E-state index contributed by atoms with van der Waals surface area (Å²) in [6.07, 6.45) is 0.824. The Morgan fingerprint density at radius 2 is 2.29 bits per heavy atom. The van der Waals surface area contributed by atoms with Crippen molar-refractivity contribution in [3.63, 3.8) is 0 Å². The van der Waals surface area contributed by atoms with E-state index in [0.717, 1.165) is 28.8 Å². The fraction of sp³-hybridized carbons (Fsp3) is 0.562. The molecule has 0 spiro atoms. The topological polar surface area (TPSA) is 69.0 Å². The van der Waals surface area contributed by atoms with Gasteiger partial charge in [0.1, 0.15) is 0 Å². The molecule has 6 nitrogen and oxygen atoms in total. The van der Waals surface area contributed by atoms with Crippen molar-refractivity contribution in [2.24, 2.45) is 0 Å². The minimum atomic E-state index is -0.220. The van der Waals surface area contributed by atoms with Crippen LogP contribution in [-0.4, -0.2) is 45.7 Å². The van der Waals surface area contributed by atoms with Gasteiger partial charge in [-0.3, -0.25) is 4.79 Å². The Labute approximate surface area is 151 Å². The molecule has 0 saturated carbocycles. The predicted octanol–water partition coefficient (Wildman–Crippen LogP) is 3.05. The maximum absolute atomic E-state index is 12.2. The third kappa shape index (κ3) is 5.06. The number of thiophene rings is 1. The molecule has 2 aromatic rings. The lowest BCUT2D eigenvalue weighted by atomic mass is 10.4. The highest BCUT2D eigenvalue weighted by molar-refractivity contribution is 8.00. The van der Waals surface area contributed by atoms with E-state index in [4.69, 9.17) is 4.74 Å². The number of aromatic nitrogens is 3. The molecule has 0 bridgehead atoms. The number of nitrogens with zero attached hydrogens (tertiary/aromatic N) is 3. The van der Waals surface area contributed by atoms with Crippen LogP contribution < -0.4 is 5.32 Å². The molecular formula is C16H24N4O2S2. The molecule has 2 heterocycles. The number of carbonyl (C=O) groups excluding carboxylic acids is 1. The molecule has 0 radical (unpaired) electrons. The van der Waals surface area contributed by atoms with Gasteiger partial charge in [0.05, 0.1) is 10.1 Å². The van der Waals surface area contributed by atoms with E-state index < -0.39 is 0 Å². The van der Waals surface area contributed by atoms with Crippen LogP contribution in [0, 0.1) is 0 Å². The van der Waals surface area contributed by atoms with Crippen LogP contribution in [0.15, 0.2) is 22.7 Å². The lowest BCUT2D eigenvalue weighted by Crippen LogP contribution is -2.32. The highest BCUT2D eigenvalue weighted by Gasteiger charge is 2.20. The minimum Gasteiger partial charge on any atom is -0.382 e. The second-order valence-electron chi connectivity index (χ2n) is 5.13. The van der Waals surface area contributed by atoms with E-state index in [-0.39, 0.29) is 11.2 Å².